The lowest BCUT2D eigenvalue weighted by atomic mass is 10.2. The van der Waals surface area contributed by atoms with Crippen LogP contribution < -0.4 is 5.01 Å². The number of halogens is 1. The summed E-state index contributed by atoms with van der Waals surface area (Å²) in [6, 6.07) is 17.5. The van der Waals surface area contributed by atoms with Gasteiger partial charge in [-0.1, -0.05) is 51.5 Å². The molecule has 4 nitrogen and oxygen atoms in total. The van der Waals surface area contributed by atoms with Gasteiger partial charge in [0, 0.05) is 4.47 Å². The fraction of sp³-hybridized carbons (Fsp3) is 0.0500. The molecule has 4 aromatic rings. The molecule has 0 unspecified atom stereocenters. The Morgan fingerprint density at radius 3 is 2.74 bits per heavy atom. The number of aromatic nitrogens is 1. The molecule has 0 N–H and O–H groups in total. The molecule has 0 saturated heterocycles. The summed E-state index contributed by atoms with van der Waals surface area (Å²) in [5.41, 5.74) is 2.93. The van der Waals surface area contributed by atoms with Crippen LogP contribution in [0.5, 0.6) is 0 Å². The van der Waals surface area contributed by atoms with E-state index in [1.165, 1.54) is 27.7 Å². The molecule has 2 aromatic carbocycles. The van der Waals surface area contributed by atoms with Crippen LogP contribution in [0, 0.1) is 6.92 Å². The minimum atomic E-state index is -0.186. The second-order valence-electron chi connectivity index (χ2n) is 5.86. The molecule has 4 rings (SSSR count). The first-order valence-corrected chi connectivity index (χ1v) is 10.6. The van der Waals surface area contributed by atoms with Crippen LogP contribution in [0.3, 0.4) is 0 Å². The van der Waals surface area contributed by atoms with Gasteiger partial charge in [0.05, 0.1) is 21.3 Å². The highest BCUT2D eigenvalue weighted by Gasteiger charge is 2.21. The first kappa shape index (κ1) is 18.0. The molecule has 2 aromatic heterocycles. The Bertz CT molecular complexity index is 1120. The molecule has 0 bridgehead atoms. The number of amides is 1. The zero-order chi connectivity index (χ0) is 18.8. The normalized spacial score (nSPS) is 11.3. The highest BCUT2D eigenvalue weighted by molar-refractivity contribution is 9.10. The molecule has 0 saturated carbocycles. The summed E-state index contributed by atoms with van der Waals surface area (Å²) in [4.78, 5) is 18.2. The minimum Gasteiger partial charge on any atom is -0.266 e. The molecule has 0 aliphatic carbocycles. The smallest absolute Gasteiger partial charge is 0.266 e. The van der Waals surface area contributed by atoms with Crippen molar-refractivity contribution in [1.29, 1.82) is 0 Å². The molecule has 0 fully saturated rings. The number of benzene rings is 2. The van der Waals surface area contributed by atoms with Crippen LogP contribution in [0.4, 0.5) is 5.13 Å². The fourth-order valence-corrected chi connectivity index (χ4v) is 4.41. The summed E-state index contributed by atoms with van der Waals surface area (Å²) < 4.78 is 2.03. The number of hydrogen-bond acceptors (Lipinski definition) is 5. The average Bonchev–Trinajstić information content (AvgIpc) is 3.32. The Kier molecular flexibility index (Phi) is 5.15. The molecular weight excluding hydrogens is 442 g/mol. The lowest BCUT2D eigenvalue weighted by Gasteiger charge is -2.12. The molecular formula is C20H14BrN3OS2. The second-order valence-corrected chi connectivity index (χ2v) is 8.73. The zero-order valence-electron chi connectivity index (χ0n) is 14.3. The van der Waals surface area contributed by atoms with Crippen molar-refractivity contribution in [3.8, 4) is 0 Å². The van der Waals surface area contributed by atoms with Crippen LogP contribution in [0.2, 0.25) is 0 Å². The van der Waals surface area contributed by atoms with E-state index in [-0.39, 0.29) is 5.91 Å². The fourth-order valence-electron chi connectivity index (χ4n) is 2.48. The SMILES string of the molecule is Cc1ccc2nc(N(/N=C/c3ccc(Br)cc3)C(=O)c3cccs3)sc2c1. The summed E-state index contributed by atoms with van der Waals surface area (Å²) in [7, 11) is 0. The van der Waals surface area contributed by atoms with Gasteiger partial charge in [0.1, 0.15) is 0 Å². The number of anilines is 1. The van der Waals surface area contributed by atoms with Crippen molar-refractivity contribution in [2.24, 2.45) is 5.10 Å². The van der Waals surface area contributed by atoms with Gasteiger partial charge in [0.25, 0.3) is 5.91 Å². The molecule has 134 valence electrons. The van der Waals surface area contributed by atoms with Crippen molar-refractivity contribution in [2.45, 2.75) is 6.92 Å². The number of hydrazone groups is 1. The van der Waals surface area contributed by atoms with Gasteiger partial charge < -0.3 is 0 Å². The van der Waals surface area contributed by atoms with Gasteiger partial charge in [-0.15, -0.1) is 11.3 Å². The van der Waals surface area contributed by atoms with E-state index >= 15 is 0 Å². The van der Waals surface area contributed by atoms with Crippen molar-refractivity contribution >= 4 is 66.1 Å². The average molecular weight is 456 g/mol. The molecule has 7 heteroatoms. The van der Waals surface area contributed by atoms with Crippen LogP contribution in [-0.2, 0) is 0 Å². The summed E-state index contributed by atoms with van der Waals surface area (Å²) in [5.74, 6) is -0.186. The molecule has 2 heterocycles. The first-order valence-electron chi connectivity index (χ1n) is 8.15. The number of nitrogens with zero attached hydrogens (tertiary/aromatic N) is 3. The number of rotatable bonds is 4. The van der Waals surface area contributed by atoms with E-state index in [2.05, 4.69) is 32.1 Å². The van der Waals surface area contributed by atoms with E-state index in [9.17, 15) is 4.79 Å². The predicted octanol–water partition coefficient (Wildman–Crippen LogP) is 6.11. The van der Waals surface area contributed by atoms with Crippen molar-refractivity contribution < 1.29 is 4.79 Å². The third-order valence-electron chi connectivity index (χ3n) is 3.83. The summed E-state index contributed by atoms with van der Waals surface area (Å²) >= 11 is 6.27. The van der Waals surface area contributed by atoms with Gasteiger partial charge in [0.15, 0.2) is 0 Å². The highest BCUT2D eigenvalue weighted by atomic mass is 79.9. The lowest BCUT2D eigenvalue weighted by Crippen LogP contribution is -2.24. The van der Waals surface area contributed by atoms with E-state index in [1.807, 2.05) is 54.8 Å². The lowest BCUT2D eigenvalue weighted by molar-refractivity contribution is 0.0991. The maximum atomic E-state index is 13.0. The molecule has 0 spiro atoms. The van der Waals surface area contributed by atoms with Crippen LogP contribution >= 0.6 is 38.6 Å². The second kappa shape index (κ2) is 7.72. The molecule has 0 aliphatic heterocycles. The third-order valence-corrected chi connectivity index (χ3v) is 6.21. The Morgan fingerprint density at radius 1 is 1.19 bits per heavy atom. The maximum absolute atomic E-state index is 13.0. The maximum Gasteiger partial charge on any atom is 0.290 e. The Labute approximate surface area is 172 Å². The third kappa shape index (κ3) is 4.00. The van der Waals surface area contributed by atoms with E-state index in [1.54, 1.807) is 12.3 Å². The van der Waals surface area contributed by atoms with Crippen molar-refractivity contribution in [1.82, 2.24) is 4.98 Å². The topological polar surface area (TPSA) is 45.6 Å². The van der Waals surface area contributed by atoms with Gasteiger partial charge in [-0.05, 0) is 53.8 Å². The number of fused-ring (bicyclic) bond motifs is 1. The van der Waals surface area contributed by atoms with Gasteiger partial charge >= 0.3 is 0 Å². The molecule has 27 heavy (non-hydrogen) atoms. The van der Waals surface area contributed by atoms with Crippen LogP contribution in [0.1, 0.15) is 20.8 Å². The monoisotopic (exact) mass is 455 g/mol. The number of carbonyl (C=O) groups excluding carboxylic acids is 1. The predicted molar refractivity (Wildman–Crippen MR) is 117 cm³/mol. The number of thiophene rings is 1. The van der Waals surface area contributed by atoms with Crippen LogP contribution in [0.15, 0.2) is 69.6 Å². The van der Waals surface area contributed by atoms with Gasteiger partial charge in [-0.2, -0.15) is 10.1 Å². The largest absolute Gasteiger partial charge is 0.290 e. The quantitative estimate of drug-likeness (QED) is 0.275. The first-order chi connectivity index (χ1) is 13.1. The Hall–Kier alpha value is -2.35. The molecule has 0 aliphatic rings. The van der Waals surface area contributed by atoms with Gasteiger partial charge in [0.2, 0.25) is 5.13 Å². The summed E-state index contributed by atoms with van der Waals surface area (Å²) in [5, 5.41) is 8.29. The van der Waals surface area contributed by atoms with Gasteiger partial charge in [-0.25, -0.2) is 4.98 Å². The van der Waals surface area contributed by atoms with Crippen molar-refractivity contribution in [2.75, 3.05) is 5.01 Å². The van der Waals surface area contributed by atoms with E-state index in [0.29, 0.717) is 10.0 Å². The van der Waals surface area contributed by atoms with E-state index < -0.39 is 0 Å². The van der Waals surface area contributed by atoms with Crippen LogP contribution in [-0.4, -0.2) is 17.1 Å². The number of aryl methyl sites for hydroxylation is 1. The standard InChI is InChI=1S/C20H14BrN3OS2/c1-13-4-9-16-18(11-13)27-20(23-16)24(19(25)17-3-2-10-26-17)22-12-14-5-7-15(21)8-6-14/h2-12H,1H3/b22-12+. The molecule has 0 atom stereocenters. The molecule has 0 radical (unpaired) electrons. The number of carbonyl (C=O) groups is 1. The van der Waals surface area contributed by atoms with Crippen molar-refractivity contribution in [3.63, 3.8) is 0 Å². The summed E-state index contributed by atoms with van der Waals surface area (Å²) in [6.07, 6.45) is 1.68. The van der Waals surface area contributed by atoms with Crippen LogP contribution in [0.25, 0.3) is 10.2 Å². The Balaban J connectivity index is 1.74. The molecule has 1 amide bonds. The Morgan fingerprint density at radius 2 is 2.00 bits per heavy atom. The minimum absolute atomic E-state index is 0.186. The highest BCUT2D eigenvalue weighted by Crippen LogP contribution is 2.31. The van der Waals surface area contributed by atoms with Gasteiger partial charge in [-0.3, -0.25) is 4.79 Å². The zero-order valence-corrected chi connectivity index (χ0v) is 17.5. The summed E-state index contributed by atoms with van der Waals surface area (Å²) in [6.45, 7) is 2.04. The number of thiazole rings is 1. The number of hydrogen-bond donors (Lipinski definition) is 0. The van der Waals surface area contributed by atoms with E-state index in [0.717, 1.165) is 25.8 Å². The van der Waals surface area contributed by atoms with Crippen molar-refractivity contribution in [3.05, 3.63) is 80.5 Å². The van der Waals surface area contributed by atoms with E-state index in [4.69, 9.17) is 0 Å².